The molecule has 112 valence electrons. The summed E-state index contributed by atoms with van der Waals surface area (Å²) in [5.41, 5.74) is 1.35. The number of likely N-dealkylation sites (tertiary alicyclic amines) is 1. The SMILES string of the molecule is CN=C(NCCN1CCCCC1)NCc1sccc1C. The predicted molar refractivity (Wildman–Crippen MR) is 87.5 cm³/mol. The molecular weight excluding hydrogens is 268 g/mol. The van der Waals surface area contributed by atoms with Crippen LogP contribution in [0.15, 0.2) is 16.4 Å². The molecule has 4 nitrogen and oxygen atoms in total. The Morgan fingerprint density at radius 3 is 2.75 bits per heavy atom. The second-order valence-electron chi connectivity index (χ2n) is 5.28. The lowest BCUT2D eigenvalue weighted by Gasteiger charge is -2.26. The summed E-state index contributed by atoms with van der Waals surface area (Å²) in [5.74, 6) is 0.898. The smallest absolute Gasteiger partial charge is 0.191 e. The average molecular weight is 294 g/mol. The molecule has 1 saturated heterocycles. The van der Waals surface area contributed by atoms with Gasteiger partial charge in [0.2, 0.25) is 0 Å². The Morgan fingerprint density at radius 2 is 2.10 bits per heavy atom. The monoisotopic (exact) mass is 294 g/mol. The van der Waals surface area contributed by atoms with Gasteiger partial charge in [0.25, 0.3) is 0 Å². The van der Waals surface area contributed by atoms with E-state index in [0.717, 1.165) is 25.6 Å². The Labute approximate surface area is 126 Å². The van der Waals surface area contributed by atoms with E-state index < -0.39 is 0 Å². The molecule has 0 aromatic carbocycles. The maximum absolute atomic E-state index is 4.28. The summed E-state index contributed by atoms with van der Waals surface area (Å²) in [6.07, 6.45) is 4.10. The Morgan fingerprint density at radius 1 is 1.30 bits per heavy atom. The highest BCUT2D eigenvalue weighted by atomic mass is 32.1. The fourth-order valence-electron chi connectivity index (χ4n) is 2.49. The van der Waals surface area contributed by atoms with Gasteiger partial charge in [0.1, 0.15) is 0 Å². The fraction of sp³-hybridized carbons (Fsp3) is 0.667. The second kappa shape index (κ2) is 8.27. The van der Waals surface area contributed by atoms with Gasteiger partial charge in [-0.15, -0.1) is 11.3 Å². The van der Waals surface area contributed by atoms with Crippen LogP contribution in [0.1, 0.15) is 29.7 Å². The summed E-state index contributed by atoms with van der Waals surface area (Å²) in [7, 11) is 1.83. The number of thiophene rings is 1. The molecule has 0 amide bonds. The average Bonchev–Trinajstić information content (AvgIpc) is 2.89. The molecule has 20 heavy (non-hydrogen) atoms. The van der Waals surface area contributed by atoms with Crippen LogP contribution >= 0.6 is 11.3 Å². The maximum Gasteiger partial charge on any atom is 0.191 e. The number of aryl methyl sites for hydroxylation is 1. The second-order valence-corrected chi connectivity index (χ2v) is 6.28. The van der Waals surface area contributed by atoms with E-state index in [1.165, 1.54) is 42.8 Å². The molecule has 1 aliphatic rings. The van der Waals surface area contributed by atoms with E-state index in [1.807, 2.05) is 7.05 Å². The molecule has 2 heterocycles. The number of piperidine rings is 1. The molecule has 0 unspecified atom stereocenters. The molecular formula is C15H26N4S. The van der Waals surface area contributed by atoms with E-state index in [-0.39, 0.29) is 0 Å². The quantitative estimate of drug-likeness (QED) is 0.646. The Bertz CT molecular complexity index is 421. The van der Waals surface area contributed by atoms with E-state index >= 15 is 0 Å². The van der Waals surface area contributed by atoms with Crippen molar-refractivity contribution in [1.29, 1.82) is 0 Å². The number of rotatable bonds is 5. The molecule has 0 aliphatic carbocycles. The molecule has 1 aromatic rings. The molecule has 5 heteroatoms. The summed E-state index contributed by atoms with van der Waals surface area (Å²) in [6, 6.07) is 2.16. The highest BCUT2D eigenvalue weighted by molar-refractivity contribution is 7.10. The first-order valence-corrected chi connectivity index (χ1v) is 8.37. The van der Waals surface area contributed by atoms with Gasteiger partial charge in [-0.3, -0.25) is 4.99 Å². The zero-order valence-electron chi connectivity index (χ0n) is 12.6. The maximum atomic E-state index is 4.28. The number of nitrogens with zero attached hydrogens (tertiary/aromatic N) is 2. The first-order valence-electron chi connectivity index (χ1n) is 7.49. The van der Waals surface area contributed by atoms with E-state index in [9.17, 15) is 0 Å². The van der Waals surface area contributed by atoms with Crippen LogP contribution in [0.4, 0.5) is 0 Å². The minimum Gasteiger partial charge on any atom is -0.355 e. The Kier molecular flexibility index (Phi) is 6.33. The van der Waals surface area contributed by atoms with Crippen LogP contribution in [0.5, 0.6) is 0 Å². The first kappa shape index (κ1) is 15.3. The number of aliphatic imine (C=N–C) groups is 1. The lowest BCUT2D eigenvalue weighted by molar-refractivity contribution is 0.232. The van der Waals surface area contributed by atoms with Crippen molar-refractivity contribution >= 4 is 17.3 Å². The van der Waals surface area contributed by atoms with Crippen molar-refractivity contribution in [2.24, 2.45) is 4.99 Å². The Hall–Kier alpha value is -1.07. The van der Waals surface area contributed by atoms with Gasteiger partial charge in [-0.1, -0.05) is 6.42 Å². The van der Waals surface area contributed by atoms with Crippen LogP contribution in [0.3, 0.4) is 0 Å². The van der Waals surface area contributed by atoms with Crippen LogP contribution in [-0.4, -0.2) is 44.1 Å². The number of hydrogen-bond acceptors (Lipinski definition) is 3. The highest BCUT2D eigenvalue weighted by Crippen LogP contribution is 2.14. The lowest BCUT2D eigenvalue weighted by Crippen LogP contribution is -2.42. The normalized spacial score (nSPS) is 17.2. The number of guanidine groups is 1. The van der Waals surface area contributed by atoms with Crippen LogP contribution in [0.25, 0.3) is 0 Å². The van der Waals surface area contributed by atoms with Crippen molar-refractivity contribution < 1.29 is 0 Å². The van der Waals surface area contributed by atoms with Gasteiger partial charge in [0.05, 0.1) is 6.54 Å². The van der Waals surface area contributed by atoms with Gasteiger partial charge in [0, 0.05) is 25.0 Å². The van der Waals surface area contributed by atoms with E-state index in [2.05, 4.69) is 38.9 Å². The van der Waals surface area contributed by atoms with E-state index in [0.29, 0.717) is 0 Å². The van der Waals surface area contributed by atoms with Crippen molar-refractivity contribution in [1.82, 2.24) is 15.5 Å². The zero-order chi connectivity index (χ0) is 14.2. The minimum atomic E-state index is 0.854. The topological polar surface area (TPSA) is 39.7 Å². The van der Waals surface area contributed by atoms with Crippen LogP contribution in [-0.2, 0) is 6.54 Å². The zero-order valence-corrected chi connectivity index (χ0v) is 13.4. The van der Waals surface area contributed by atoms with Crippen LogP contribution in [0, 0.1) is 6.92 Å². The summed E-state index contributed by atoms with van der Waals surface area (Å²) in [6.45, 7) is 7.58. The third-order valence-electron chi connectivity index (χ3n) is 3.78. The standard InChI is InChI=1S/C15H26N4S/c1-13-6-11-20-14(13)12-18-15(16-2)17-7-10-19-8-4-3-5-9-19/h6,11H,3-5,7-10,12H2,1-2H3,(H2,16,17,18). The van der Waals surface area contributed by atoms with Crippen molar-refractivity contribution in [2.75, 3.05) is 33.2 Å². The fourth-order valence-corrected chi connectivity index (χ4v) is 3.33. The lowest BCUT2D eigenvalue weighted by atomic mass is 10.1. The van der Waals surface area contributed by atoms with Gasteiger partial charge >= 0.3 is 0 Å². The molecule has 0 saturated carbocycles. The molecule has 2 rings (SSSR count). The summed E-state index contributed by atoms with van der Waals surface area (Å²) in [5, 5.41) is 8.92. The number of hydrogen-bond donors (Lipinski definition) is 2. The molecule has 1 aromatic heterocycles. The minimum absolute atomic E-state index is 0.854. The Balaban J connectivity index is 1.66. The molecule has 0 spiro atoms. The van der Waals surface area contributed by atoms with Gasteiger partial charge in [-0.25, -0.2) is 0 Å². The number of nitrogens with one attached hydrogen (secondary N) is 2. The summed E-state index contributed by atoms with van der Waals surface area (Å²) < 4.78 is 0. The molecule has 0 radical (unpaired) electrons. The van der Waals surface area contributed by atoms with E-state index in [4.69, 9.17) is 0 Å². The highest BCUT2D eigenvalue weighted by Gasteiger charge is 2.09. The molecule has 1 aliphatic heterocycles. The van der Waals surface area contributed by atoms with Crippen LogP contribution < -0.4 is 10.6 Å². The van der Waals surface area contributed by atoms with E-state index in [1.54, 1.807) is 11.3 Å². The summed E-state index contributed by atoms with van der Waals surface area (Å²) >= 11 is 1.80. The molecule has 0 bridgehead atoms. The summed E-state index contributed by atoms with van der Waals surface area (Å²) in [4.78, 5) is 8.19. The van der Waals surface area contributed by atoms with Gasteiger partial charge in [-0.05, 0) is 49.9 Å². The van der Waals surface area contributed by atoms with Crippen molar-refractivity contribution in [2.45, 2.75) is 32.7 Å². The van der Waals surface area contributed by atoms with Crippen molar-refractivity contribution in [3.63, 3.8) is 0 Å². The molecule has 1 fully saturated rings. The molecule has 2 N–H and O–H groups in total. The molecule has 0 atom stereocenters. The predicted octanol–water partition coefficient (Wildman–Crippen LogP) is 2.21. The van der Waals surface area contributed by atoms with Gasteiger partial charge in [-0.2, -0.15) is 0 Å². The third-order valence-corrected chi connectivity index (χ3v) is 4.80. The van der Waals surface area contributed by atoms with Crippen LogP contribution in [0.2, 0.25) is 0 Å². The van der Waals surface area contributed by atoms with Gasteiger partial charge in [0.15, 0.2) is 5.96 Å². The van der Waals surface area contributed by atoms with Gasteiger partial charge < -0.3 is 15.5 Å². The first-order chi connectivity index (χ1) is 9.79. The van der Waals surface area contributed by atoms with Crippen molar-refractivity contribution in [3.05, 3.63) is 21.9 Å². The largest absolute Gasteiger partial charge is 0.355 e. The van der Waals surface area contributed by atoms with Crippen molar-refractivity contribution in [3.8, 4) is 0 Å². The third kappa shape index (κ3) is 4.80.